The molecule has 0 radical (unpaired) electrons. The Hall–Kier alpha value is -1.55. The summed E-state index contributed by atoms with van der Waals surface area (Å²) < 4.78 is 0. The van der Waals surface area contributed by atoms with Crippen molar-refractivity contribution in [2.45, 2.75) is 39.5 Å². The highest BCUT2D eigenvalue weighted by molar-refractivity contribution is 5.76. The van der Waals surface area contributed by atoms with Gasteiger partial charge in [0.05, 0.1) is 0 Å². The first kappa shape index (κ1) is 17.5. The van der Waals surface area contributed by atoms with Crippen LogP contribution < -0.4 is 11.1 Å². The van der Waals surface area contributed by atoms with E-state index in [4.69, 9.17) is 5.73 Å². The summed E-state index contributed by atoms with van der Waals surface area (Å²) in [4.78, 5) is 14.3. The third kappa shape index (κ3) is 6.63. The Bertz CT molecular complexity index is 413. The van der Waals surface area contributed by atoms with Crippen molar-refractivity contribution >= 4 is 11.6 Å². The monoisotopic (exact) mass is 291 g/mol. The van der Waals surface area contributed by atoms with Crippen LogP contribution in [0.5, 0.6) is 0 Å². The van der Waals surface area contributed by atoms with Crippen molar-refractivity contribution in [1.82, 2.24) is 10.2 Å². The Kier molecular flexibility index (Phi) is 7.83. The molecule has 0 aliphatic heterocycles. The van der Waals surface area contributed by atoms with Crippen molar-refractivity contribution < 1.29 is 4.79 Å². The summed E-state index contributed by atoms with van der Waals surface area (Å²) in [6, 6.07) is 7.75. The zero-order valence-electron chi connectivity index (χ0n) is 13.6. The first-order chi connectivity index (χ1) is 10.1. The van der Waals surface area contributed by atoms with Gasteiger partial charge in [-0.15, -0.1) is 0 Å². The van der Waals surface area contributed by atoms with E-state index in [-0.39, 0.29) is 11.8 Å². The molecule has 0 aliphatic carbocycles. The van der Waals surface area contributed by atoms with Crippen molar-refractivity contribution in [2.75, 3.05) is 31.9 Å². The summed E-state index contributed by atoms with van der Waals surface area (Å²) in [5, 5.41) is 3.01. The summed E-state index contributed by atoms with van der Waals surface area (Å²) in [6.45, 7) is 10.3. The topological polar surface area (TPSA) is 58.4 Å². The van der Waals surface area contributed by atoms with E-state index in [9.17, 15) is 4.79 Å². The number of anilines is 1. The van der Waals surface area contributed by atoms with Gasteiger partial charge in [0, 0.05) is 18.7 Å². The average Bonchev–Trinajstić information content (AvgIpc) is 2.48. The summed E-state index contributed by atoms with van der Waals surface area (Å²) in [7, 11) is 0. The van der Waals surface area contributed by atoms with Crippen LogP contribution in [0.1, 0.15) is 45.1 Å². The van der Waals surface area contributed by atoms with Crippen LogP contribution in [0.15, 0.2) is 24.3 Å². The molecule has 4 heteroatoms. The van der Waals surface area contributed by atoms with Gasteiger partial charge in [-0.1, -0.05) is 32.9 Å². The molecule has 1 amide bonds. The summed E-state index contributed by atoms with van der Waals surface area (Å²) >= 11 is 0. The van der Waals surface area contributed by atoms with Gasteiger partial charge in [-0.25, -0.2) is 0 Å². The molecule has 1 atom stereocenters. The predicted molar refractivity (Wildman–Crippen MR) is 89.3 cm³/mol. The summed E-state index contributed by atoms with van der Waals surface area (Å²) in [6.07, 6.45) is 1.53. The standard InChI is InChI=1S/C17H29N3O/c1-4-20(5-2)12-6-11-19-17(21)13-14(3)15-7-9-16(18)10-8-15/h7-10,14H,4-6,11-13,18H2,1-3H3,(H,19,21). The van der Waals surface area contributed by atoms with Gasteiger partial charge in [0.15, 0.2) is 0 Å². The van der Waals surface area contributed by atoms with Gasteiger partial charge in [0.25, 0.3) is 0 Å². The van der Waals surface area contributed by atoms with E-state index in [0.29, 0.717) is 6.42 Å². The van der Waals surface area contributed by atoms with Crippen molar-refractivity contribution in [3.05, 3.63) is 29.8 Å². The predicted octanol–water partition coefficient (Wildman–Crippen LogP) is 2.61. The van der Waals surface area contributed by atoms with Gasteiger partial charge in [-0.2, -0.15) is 0 Å². The highest BCUT2D eigenvalue weighted by atomic mass is 16.1. The smallest absolute Gasteiger partial charge is 0.220 e. The Morgan fingerprint density at radius 2 is 1.86 bits per heavy atom. The molecular formula is C17H29N3O. The molecule has 3 N–H and O–H groups in total. The highest BCUT2D eigenvalue weighted by Crippen LogP contribution is 2.19. The molecule has 0 fully saturated rings. The number of carbonyl (C=O) groups is 1. The third-order valence-electron chi connectivity index (χ3n) is 3.86. The van der Waals surface area contributed by atoms with Gasteiger partial charge in [-0.05, 0) is 49.7 Å². The number of nitrogens with zero attached hydrogens (tertiary/aromatic N) is 1. The van der Waals surface area contributed by atoms with E-state index in [1.54, 1.807) is 0 Å². The first-order valence-corrected chi connectivity index (χ1v) is 7.91. The van der Waals surface area contributed by atoms with Crippen LogP contribution >= 0.6 is 0 Å². The molecule has 1 unspecified atom stereocenters. The zero-order valence-corrected chi connectivity index (χ0v) is 13.6. The van der Waals surface area contributed by atoms with Crippen molar-refractivity contribution in [3.63, 3.8) is 0 Å². The number of amides is 1. The van der Waals surface area contributed by atoms with Crippen LogP contribution in [-0.4, -0.2) is 37.0 Å². The fourth-order valence-corrected chi connectivity index (χ4v) is 2.36. The Labute approximate surface area is 128 Å². The van der Waals surface area contributed by atoms with Crippen LogP contribution in [-0.2, 0) is 4.79 Å². The lowest BCUT2D eigenvalue weighted by molar-refractivity contribution is -0.121. The quantitative estimate of drug-likeness (QED) is 0.543. The fraction of sp³-hybridized carbons (Fsp3) is 0.588. The lowest BCUT2D eigenvalue weighted by Crippen LogP contribution is -2.30. The highest BCUT2D eigenvalue weighted by Gasteiger charge is 2.10. The fourth-order valence-electron chi connectivity index (χ4n) is 2.36. The summed E-state index contributed by atoms with van der Waals surface area (Å²) in [5.41, 5.74) is 7.58. The van der Waals surface area contributed by atoms with Crippen LogP contribution in [0.3, 0.4) is 0 Å². The molecule has 0 saturated carbocycles. The Morgan fingerprint density at radius 3 is 2.43 bits per heavy atom. The molecule has 0 saturated heterocycles. The zero-order chi connectivity index (χ0) is 15.7. The summed E-state index contributed by atoms with van der Waals surface area (Å²) in [5.74, 6) is 0.340. The Morgan fingerprint density at radius 1 is 1.24 bits per heavy atom. The molecule has 4 nitrogen and oxygen atoms in total. The molecule has 118 valence electrons. The average molecular weight is 291 g/mol. The number of nitrogen functional groups attached to an aromatic ring is 1. The molecule has 1 rings (SSSR count). The van der Waals surface area contributed by atoms with Gasteiger partial charge >= 0.3 is 0 Å². The second kappa shape index (κ2) is 9.40. The molecule has 1 aromatic carbocycles. The number of carbonyl (C=O) groups excluding carboxylic acids is 1. The lowest BCUT2D eigenvalue weighted by Gasteiger charge is -2.18. The van der Waals surface area contributed by atoms with Gasteiger partial charge in [0.2, 0.25) is 5.91 Å². The minimum Gasteiger partial charge on any atom is -0.399 e. The third-order valence-corrected chi connectivity index (χ3v) is 3.86. The number of nitrogens with one attached hydrogen (secondary N) is 1. The number of hydrogen-bond acceptors (Lipinski definition) is 3. The maximum Gasteiger partial charge on any atom is 0.220 e. The molecule has 0 spiro atoms. The van der Waals surface area contributed by atoms with Crippen LogP contribution in [0.2, 0.25) is 0 Å². The van der Waals surface area contributed by atoms with E-state index in [1.807, 2.05) is 24.3 Å². The van der Waals surface area contributed by atoms with Gasteiger partial charge in [-0.3, -0.25) is 4.79 Å². The molecule has 0 heterocycles. The number of nitrogens with two attached hydrogens (primary N) is 1. The van der Waals surface area contributed by atoms with E-state index in [2.05, 4.69) is 31.0 Å². The lowest BCUT2D eigenvalue weighted by atomic mass is 9.97. The maximum atomic E-state index is 11.9. The normalized spacial score (nSPS) is 12.4. The maximum absolute atomic E-state index is 11.9. The largest absolute Gasteiger partial charge is 0.399 e. The van der Waals surface area contributed by atoms with E-state index < -0.39 is 0 Å². The van der Waals surface area contributed by atoms with Gasteiger partial charge in [0.1, 0.15) is 0 Å². The molecular weight excluding hydrogens is 262 g/mol. The molecule has 0 aliphatic rings. The first-order valence-electron chi connectivity index (χ1n) is 7.91. The number of hydrogen-bond donors (Lipinski definition) is 2. The van der Waals surface area contributed by atoms with E-state index >= 15 is 0 Å². The Balaban J connectivity index is 2.25. The molecule has 21 heavy (non-hydrogen) atoms. The minimum atomic E-state index is 0.124. The second-order valence-corrected chi connectivity index (χ2v) is 5.50. The van der Waals surface area contributed by atoms with E-state index in [0.717, 1.165) is 43.9 Å². The molecule has 1 aromatic rings. The minimum absolute atomic E-state index is 0.124. The molecule has 0 bridgehead atoms. The van der Waals surface area contributed by atoms with Crippen LogP contribution in [0.4, 0.5) is 5.69 Å². The SMILES string of the molecule is CCN(CC)CCCNC(=O)CC(C)c1ccc(N)cc1. The van der Waals surface area contributed by atoms with Crippen molar-refractivity contribution in [1.29, 1.82) is 0 Å². The van der Waals surface area contributed by atoms with E-state index in [1.165, 1.54) is 0 Å². The molecule has 0 aromatic heterocycles. The second-order valence-electron chi connectivity index (χ2n) is 5.50. The van der Waals surface area contributed by atoms with Gasteiger partial charge < -0.3 is 16.0 Å². The van der Waals surface area contributed by atoms with Crippen molar-refractivity contribution in [2.24, 2.45) is 0 Å². The van der Waals surface area contributed by atoms with Crippen LogP contribution in [0, 0.1) is 0 Å². The van der Waals surface area contributed by atoms with Crippen LogP contribution in [0.25, 0.3) is 0 Å². The number of rotatable bonds is 9. The number of benzene rings is 1. The van der Waals surface area contributed by atoms with Crippen molar-refractivity contribution in [3.8, 4) is 0 Å².